The predicted octanol–water partition coefficient (Wildman–Crippen LogP) is 4.84. The minimum Gasteiger partial charge on any atom is -0.369 e. The van der Waals surface area contributed by atoms with Crippen molar-refractivity contribution in [3.05, 3.63) is 16.1 Å². The van der Waals surface area contributed by atoms with E-state index in [1.807, 2.05) is 0 Å². The van der Waals surface area contributed by atoms with Crippen LogP contribution in [-0.2, 0) is 0 Å². The fraction of sp³-hybridized carbons (Fsp3) is 0.667. The van der Waals surface area contributed by atoms with Crippen LogP contribution in [0.5, 0.6) is 0 Å². The Morgan fingerprint density at radius 1 is 1.35 bits per heavy atom. The summed E-state index contributed by atoms with van der Waals surface area (Å²) in [6, 6.07) is 2.17. The molecule has 1 fully saturated rings. The molecule has 0 aliphatic heterocycles. The zero-order chi connectivity index (χ0) is 14.7. The third-order valence-corrected chi connectivity index (χ3v) is 4.07. The highest BCUT2D eigenvalue weighted by atomic mass is 35.5. The summed E-state index contributed by atoms with van der Waals surface area (Å²) < 4.78 is 0. The van der Waals surface area contributed by atoms with Crippen LogP contribution in [0.3, 0.4) is 0 Å². The molecule has 1 saturated carbocycles. The molecule has 0 aromatic carbocycles. The third-order valence-electron chi connectivity index (χ3n) is 3.50. The maximum atomic E-state index is 6.36. The van der Waals surface area contributed by atoms with E-state index in [1.54, 1.807) is 6.07 Å². The van der Waals surface area contributed by atoms with Gasteiger partial charge in [0.25, 0.3) is 0 Å². The minimum absolute atomic E-state index is 0.376. The first kappa shape index (κ1) is 15.7. The van der Waals surface area contributed by atoms with Crippen LogP contribution in [0, 0.1) is 5.92 Å². The Bertz CT molecular complexity index is 459. The van der Waals surface area contributed by atoms with Gasteiger partial charge >= 0.3 is 0 Å². The smallest absolute Gasteiger partial charge is 0.150 e. The second-order valence-electron chi connectivity index (χ2n) is 5.74. The largest absolute Gasteiger partial charge is 0.369 e. The van der Waals surface area contributed by atoms with Crippen molar-refractivity contribution in [2.75, 3.05) is 23.3 Å². The summed E-state index contributed by atoms with van der Waals surface area (Å²) in [5.41, 5.74) is 0. The standard InChI is InChI=1S/C15H23Cl2N3/c1-4-7-18-14-12(16)8-13(17)15(19-14)20(10(2)3)9-11-5-6-11/h8,10-11H,4-7,9H2,1-3H3,(H,18,19). The maximum Gasteiger partial charge on any atom is 0.150 e. The summed E-state index contributed by atoms with van der Waals surface area (Å²) in [6.45, 7) is 8.35. The van der Waals surface area contributed by atoms with Gasteiger partial charge < -0.3 is 10.2 Å². The van der Waals surface area contributed by atoms with Crippen LogP contribution in [0.1, 0.15) is 40.0 Å². The quantitative estimate of drug-likeness (QED) is 0.780. The number of anilines is 2. The van der Waals surface area contributed by atoms with Crippen LogP contribution in [0.2, 0.25) is 10.0 Å². The molecule has 20 heavy (non-hydrogen) atoms. The highest BCUT2D eigenvalue weighted by molar-refractivity contribution is 6.37. The molecule has 0 spiro atoms. The van der Waals surface area contributed by atoms with E-state index in [2.05, 4.69) is 36.0 Å². The Morgan fingerprint density at radius 2 is 2.05 bits per heavy atom. The second-order valence-corrected chi connectivity index (χ2v) is 6.55. The number of pyridine rings is 1. The number of aromatic nitrogens is 1. The van der Waals surface area contributed by atoms with E-state index in [0.29, 0.717) is 16.1 Å². The molecule has 0 saturated heterocycles. The number of halogens is 2. The summed E-state index contributed by atoms with van der Waals surface area (Å²) in [4.78, 5) is 6.95. The first-order valence-corrected chi connectivity index (χ1v) is 8.15. The lowest BCUT2D eigenvalue weighted by Gasteiger charge is -2.29. The van der Waals surface area contributed by atoms with Gasteiger partial charge in [0.1, 0.15) is 11.6 Å². The molecule has 0 unspecified atom stereocenters. The molecule has 1 aromatic rings. The maximum absolute atomic E-state index is 6.36. The molecule has 112 valence electrons. The summed E-state index contributed by atoms with van der Waals surface area (Å²) in [5, 5.41) is 4.48. The zero-order valence-electron chi connectivity index (χ0n) is 12.4. The van der Waals surface area contributed by atoms with Gasteiger partial charge in [0.15, 0.2) is 0 Å². The number of hydrogen-bond donors (Lipinski definition) is 1. The van der Waals surface area contributed by atoms with Crippen LogP contribution in [0.4, 0.5) is 11.6 Å². The molecule has 1 aliphatic carbocycles. The van der Waals surface area contributed by atoms with Crippen molar-refractivity contribution >= 4 is 34.8 Å². The van der Waals surface area contributed by atoms with Gasteiger partial charge in [-0.25, -0.2) is 4.98 Å². The lowest BCUT2D eigenvalue weighted by atomic mass is 10.2. The first-order valence-electron chi connectivity index (χ1n) is 7.39. The van der Waals surface area contributed by atoms with Crippen molar-refractivity contribution in [3.63, 3.8) is 0 Å². The van der Waals surface area contributed by atoms with Gasteiger partial charge in [-0.2, -0.15) is 0 Å². The van der Waals surface area contributed by atoms with Gasteiger partial charge in [-0.3, -0.25) is 0 Å². The highest BCUT2D eigenvalue weighted by Crippen LogP contribution is 2.36. The molecule has 1 N–H and O–H groups in total. The first-order chi connectivity index (χ1) is 9.52. The predicted molar refractivity (Wildman–Crippen MR) is 88.2 cm³/mol. The summed E-state index contributed by atoms with van der Waals surface area (Å²) in [6.07, 6.45) is 3.66. The van der Waals surface area contributed by atoms with Crippen LogP contribution >= 0.6 is 23.2 Å². The Labute approximate surface area is 131 Å². The average Bonchev–Trinajstić information content (AvgIpc) is 3.19. The summed E-state index contributed by atoms with van der Waals surface area (Å²) in [5.74, 6) is 2.36. The van der Waals surface area contributed by atoms with E-state index in [0.717, 1.165) is 37.1 Å². The Kier molecular flexibility index (Phi) is 5.39. The Balaban J connectivity index is 2.26. The zero-order valence-corrected chi connectivity index (χ0v) is 13.9. The summed E-state index contributed by atoms with van der Waals surface area (Å²) in [7, 11) is 0. The van der Waals surface area contributed by atoms with Crippen molar-refractivity contribution in [2.24, 2.45) is 5.92 Å². The average molecular weight is 316 g/mol. The lowest BCUT2D eigenvalue weighted by molar-refractivity contribution is 0.637. The van der Waals surface area contributed by atoms with Crippen LogP contribution in [0.25, 0.3) is 0 Å². The number of nitrogens with zero attached hydrogens (tertiary/aromatic N) is 2. The minimum atomic E-state index is 0.376. The topological polar surface area (TPSA) is 28.2 Å². The summed E-state index contributed by atoms with van der Waals surface area (Å²) >= 11 is 12.6. The SMILES string of the molecule is CCCNc1nc(N(CC2CC2)C(C)C)c(Cl)cc1Cl. The van der Waals surface area contributed by atoms with E-state index in [4.69, 9.17) is 23.2 Å². The molecule has 0 amide bonds. The van der Waals surface area contributed by atoms with Gasteiger partial charge in [0.05, 0.1) is 10.0 Å². The molecular weight excluding hydrogens is 293 g/mol. The van der Waals surface area contributed by atoms with Crippen molar-refractivity contribution in [1.82, 2.24) is 4.98 Å². The molecule has 0 radical (unpaired) electrons. The van der Waals surface area contributed by atoms with Crippen LogP contribution in [0.15, 0.2) is 6.07 Å². The Hall–Kier alpha value is -0.670. The normalized spacial score (nSPS) is 14.7. The fourth-order valence-electron chi connectivity index (χ4n) is 2.15. The van der Waals surface area contributed by atoms with E-state index in [-0.39, 0.29) is 0 Å². The monoisotopic (exact) mass is 315 g/mol. The molecular formula is C15H23Cl2N3. The molecule has 1 aromatic heterocycles. The van der Waals surface area contributed by atoms with Crippen molar-refractivity contribution in [3.8, 4) is 0 Å². The lowest BCUT2D eigenvalue weighted by Crippen LogP contribution is -2.33. The molecule has 0 bridgehead atoms. The van der Waals surface area contributed by atoms with Gasteiger partial charge in [0.2, 0.25) is 0 Å². The van der Waals surface area contributed by atoms with Crippen molar-refractivity contribution in [2.45, 2.75) is 46.1 Å². The van der Waals surface area contributed by atoms with E-state index in [1.165, 1.54) is 12.8 Å². The molecule has 3 nitrogen and oxygen atoms in total. The van der Waals surface area contributed by atoms with E-state index in [9.17, 15) is 0 Å². The van der Waals surface area contributed by atoms with Gasteiger partial charge in [-0.15, -0.1) is 0 Å². The van der Waals surface area contributed by atoms with Gasteiger partial charge in [-0.05, 0) is 45.1 Å². The molecule has 1 aliphatic rings. The van der Waals surface area contributed by atoms with Crippen molar-refractivity contribution in [1.29, 1.82) is 0 Å². The molecule has 2 rings (SSSR count). The van der Waals surface area contributed by atoms with Crippen LogP contribution < -0.4 is 10.2 Å². The van der Waals surface area contributed by atoms with Crippen molar-refractivity contribution < 1.29 is 0 Å². The fourth-order valence-corrected chi connectivity index (χ4v) is 2.68. The number of nitrogens with one attached hydrogen (secondary N) is 1. The van der Waals surface area contributed by atoms with E-state index < -0.39 is 0 Å². The Morgan fingerprint density at radius 3 is 2.60 bits per heavy atom. The molecule has 0 atom stereocenters. The van der Waals surface area contributed by atoms with Gasteiger partial charge in [0, 0.05) is 19.1 Å². The third kappa shape index (κ3) is 3.92. The van der Waals surface area contributed by atoms with Crippen LogP contribution in [-0.4, -0.2) is 24.1 Å². The molecule has 5 heteroatoms. The van der Waals surface area contributed by atoms with Gasteiger partial charge in [-0.1, -0.05) is 30.1 Å². The molecule has 1 heterocycles. The number of hydrogen-bond acceptors (Lipinski definition) is 3. The van der Waals surface area contributed by atoms with E-state index >= 15 is 0 Å². The second kappa shape index (κ2) is 6.86. The number of rotatable bonds is 7. The highest BCUT2D eigenvalue weighted by Gasteiger charge is 2.27.